The maximum atomic E-state index is 5.91. The summed E-state index contributed by atoms with van der Waals surface area (Å²) >= 11 is 0. The molecule has 0 aliphatic heterocycles. The summed E-state index contributed by atoms with van der Waals surface area (Å²) in [5, 5.41) is 0. The Morgan fingerprint density at radius 1 is 0.857 bits per heavy atom. The molecule has 0 fully saturated rings. The van der Waals surface area contributed by atoms with Crippen molar-refractivity contribution in [2.75, 3.05) is 14.2 Å². The molecule has 0 aliphatic carbocycles. The number of rotatable bonds is 5. The smallest absolute Gasteiger partial charge is 0.118 e. The standard InChI is InChI=1S/C19H20O2/c1-5-19(6-2,15-7-11-17(20-3)12-8-15)16-9-13-18(21-4)14-10-16/h1,7-14H,6H2,2-4H3. The molecule has 0 bridgehead atoms. The third kappa shape index (κ3) is 2.73. The van der Waals surface area contributed by atoms with E-state index in [9.17, 15) is 0 Å². The maximum Gasteiger partial charge on any atom is 0.118 e. The number of hydrogen-bond donors (Lipinski definition) is 0. The van der Waals surface area contributed by atoms with Gasteiger partial charge in [-0.25, -0.2) is 0 Å². The van der Waals surface area contributed by atoms with Crippen molar-refractivity contribution in [1.82, 2.24) is 0 Å². The normalized spacial score (nSPS) is 10.8. The summed E-state index contributed by atoms with van der Waals surface area (Å²) in [5.74, 6) is 4.65. The van der Waals surface area contributed by atoms with Crippen LogP contribution in [0.2, 0.25) is 0 Å². The molecule has 0 amide bonds. The zero-order chi connectivity index (χ0) is 15.3. The van der Waals surface area contributed by atoms with E-state index < -0.39 is 5.41 Å². The second-order valence-corrected chi connectivity index (χ2v) is 4.86. The van der Waals surface area contributed by atoms with Gasteiger partial charge in [0.15, 0.2) is 0 Å². The average molecular weight is 280 g/mol. The van der Waals surface area contributed by atoms with E-state index in [1.165, 1.54) is 0 Å². The minimum Gasteiger partial charge on any atom is -0.497 e. The van der Waals surface area contributed by atoms with Gasteiger partial charge in [0.2, 0.25) is 0 Å². The number of methoxy groups -OCH3 is 2. The third-order valence-corrected chi connectivity index (χ3v) is 3.94. The molecule has 0 spiro atoms. The lowest BCUT2D eigenvalue weighted by Gasteiger charge is -2.28. The molecule has 2 nitrogen and oxygen atoms in total. The zero-order valence-electron chi connectivity index (χ0n) is 12.7. The summed E-state index contributed by atoms with van der Waals surface area (Å²) in [7, 11) is 3.32. The molecule has 0 saturated carbocycles. The molecule has 108 valence electrons. The first kappa shape index (κ1) is 15.0. The van der Waals surface area contributed by atoms with Crippen molar-refractivity contribution in [2.24, 2.45) is 0 Å². The van der Waals surface area contributed by atoms with E-state index >= 15 is 0 Å². The predicted molar refractivity (Wildman–Crippen MR) is 85.9 cm³/mol. The van der Waals surface area contributed by atoms with E-state index in [4.69, 9.17) is 15.9 Å². The van der Waals surface area contributed by atoms with Gasteiger partial charge in [-0.2, -0.15) is 0 Å². The van der Waals surface area contributed by atoms with Gasteiger partial charge < -0.3 is 9.47 Å². The summed E-state index contributed by atoms with van der Waals surface area (Å²) in [6.07, 6.45) is 6.73. The highest BCUT2D eigenvalue weighted by atomic mass is 16.5. The summed E-state index contributed by atoms with van der Waals surface area (Å²) < 4.78 is 10.4. The Balaban J connectivity index is 2.50. The van der Waals surface area contributed by atoms with Crippen LogP contribution in [-0.2, 0) is 5.41 Å². The number of hydrogen-bond acceptors (Lipinski definition) is 2. The molecular weight excluding hydrogens is 260 g/mol. The van der Waals surface area contributed by atoms with E-state index in [1.807, 2.05) is 48.5 Å². The molecule has 2 rings (SSSR count). The molecular formula is C19H20O2. The molecule has 0 N–H and O–H groups in total. The summed E-state index contributed by atoms with van der Waals surface area (Å²) in [4.78, 5) is 0. The van der Waals surface area contributed by atoms with Crippen molar-refractivity contribution in [3.05, 3.63) is 59.7 Å². The van der Waals surface area contributed by atoms with E-state index in [0.717, 1.165) is 29.0 Å². The topological polar surface area (TPSA) is 18.5 Å². The molecule has 0 heterocycles. The Morgan fingerprint density at radius 3 is 1.48 bits per heavy atom. The maximum absolute atomic E-state index is 5.91. The Morgan fingerprint density at radius 2 is 1.24 bits per heavy atom. The van der Waals surface area contributed by atoms with Crippen LogP contribution in [0, 0.1) is 12.3 Å². The minimum absolute atomic E-state index is 0.432. The van der Waals surface area contributed by atoms with Crippen molar-refractivity contribution in [3.63, 3.8) is 0 Å². The van der Waals surface area contributed by atoms with Crippen molar-refractivity contribution in [3.8, 4) is 23.8 Å². The second kappa shape index (κ2) is 6.37. The fraction of sp³-hybridized carbons (Fsp3) is 0.263. The first-order valence-electron chi connectivity index (χ1n) is 6.97. The monoisotopic (exact) mass is 280 g/mol. The molecule has 0 atom stereocenters. The van der Waals surface area contributed by atoms with E-state index in [0.29, 0.717) is 0 Å². The van der Waals surface area contributed by atoms with Gasteiger partial charge in [0.05, 0.1) is 19.6 Å². The molecule has 0 radical (unpaired) electrons. The molecule has 2 aromatic carbocycles. The summed E-state index contributed by atoms with van der Waals surface area (Å²) in [5.41, 5.74) is 1.76. The van der Waals surface area contributed by atoms with E-state index in [1.54, 1.807) is 14.2 Å². The van der Waals surface area contributed by atoms with Crippen LogP contribution >= 0.6 is 0 Å². The van der Waals surface area contributed by atoms with Crippen LogP contribution in [0.5, 0.6) is 11.5 Å². The van der Waals surface area contributed by atoms with Gasteiger partial charge in [0.25, 0.3) is 0 Å². The van der Waals surface area contributed by atoms with Gasteiger partial charge in [0.1, 0.15) is 11.5 Å². The first-order chi connectivity index (χ1) is 10.2. The Bertz CT molecular complexity index is 571. The van der Waals surface area contributed by atoms with Gasteiger partial charge in [-0.15, -0.1) is 6.42 Å². The van der Waals surface area contributed by atoms with Crippen LogP contribution < -0.4 is 9.47 Å². The van der Waals surface area contributed by atoms with Crippen LogP contribution in [0.4, 0.5) is 0 Å². The highest BCUT2D eigenvalue weighted by Crippen LogP contribution is 2.36. The Labute approximate surface area is 126 Å². The Kier molecular flexibility index (Phi) is 4.55. The lowest BCUT2D eigenvalue weighted by molar-refractivity contribution is 0.414. The second-order valence-electron chi connectivity index (χ2n) is 4.86. The largest absolute Gasteiger partial charge is 0.497 e. The lowest BCUT2D eigenvalue weighted by atomic mass is 9.73. The van der Waals surface area contributed by atoms with Crippen molar-refractivity contribution < 1.29 is 9.47 Å². The van der Waals surface area contributed by atoms with Crippen LogP contribution in [0.25, 0.3) is 0 Å². The van der Waals surface area contributed by atoms with Gasteiger partial charge in [-0.05, 0) is 41.8 Å². The first-order valence-corrected chi connectivity index (χ1v) is 6.97. The SMILES string of the molecule is C#CC(CC)(c1ccc(OC)cc1)c1ccc(OC)cc1. The molecule has 0 unspecified atom stereocenters. The molecule has 2 aromatic rings. The zero-order valence-corrected chi connectivity index (χ0v) is 12.7. The summed E-state index contributed by atoms with van der Waals surface area (Å²) in [6, 6.07) is 15.9. The fourth-order valence-corrected chi connectivity index (χ4v) is 2.59. The van der Waals surface area contributed by atoms with Gasteiger partial charge in [-0.1, -0.05) is 37.1 Å². The van der Waals surface area contributed by atoms with Crippen LogP contribution in [0.1, 0.15) is 24.5 Å². The van der Waals surface area contributed by atoms with Crippen LogP contribution in [0.15, 0.2) is 48.5 Å². The predicted octanol–water partition coefficient (Wildman–Crippen LogP) is 4.03. The van der Waals surface area contributed by atoms with E-state index in [-0.39, 0.29) is 0 Å². The molecule has 2 heteroatoms. The number of ether oxygens (including phenoxy) is 2. The number of terminal acetylenes is 1. The molecule has 0 aliphatic rings. The van der Waals surface area contributed by atoms with Crippen LogP contribution in [0.3, 0.4) is 0 Å². The molecule has 0 saturated heterocycles. The number of benzene rings is 2. The molecule has 0 aromatic heterocycles. The highest BCUT2D eigenvalue weighted by Gasteiger charge is 2.30. The van der Waals surface area contributed by atoms with Crippen LogP contribution in [-0.4, -0.2) is 14.2 Å². The lowest BCUT2D eigenvalue weighted by Crippen LogP contribution is -2.24. The fourth-order valence-electron chi connectivity index (χ4n) is 2.59. The quantitative estimate of drug-likeness (QED) is 0.770. The average Bonchev–Trinajstić information content (AvgIpc) is 2.57. The minimum atomic E-state index is -0.432. The molecule has 21 heavy (non-hydrogen) atoms. The van der Waals surface area contributed by atoms with Gasteiger partial charge >= 0.3 is 0 Å². The van der Waals surface area contributed by atoms with Gasteiger partial charge in [-0.3, -0.25) is 0 Å². The van der Waals surface area contributed by atoms with Gasteiger partial charge in [0, 0.05) is 0 Å². The van der Waals surface area contributed by atoms with E-state index in [2.05, 4.69) is 12.8 Å². The highest BCUT2D eigenvalue weighted by molar-refractivity contribution is 5.49. The summed E-state index contributed by atoms with van der Waals surface area (Å²) in [6.45, 7) is 2.11. The van der Waals surface area contributed by atoms with Crippen molar-refractivity contribution in [1.29, 1.82) is 0 Å². The van der Waals surface area contributed by atoms with Crippen molar-refractivity contribution >= 4 is 0 Å². The Hall–Kier alpha value is -2.40. The third-order valence-electron chi connectivity index (χ3n) is 3.94. The van der Waals surface area contributed by atoms with Crippen molar-refractivity contribution in [2.45, 2.75) is 18.8 Å².